The number of aryl methyl sites for hydroxylation is 1. The lowest BCUT2D eigenvalue weighted by molar-refractivity contribution is -0.128. The second kappa shape index (κ2) is 12.9. The smallest absolute Gasteiger partial charge is 0.242 e. The molecule has 0 aliphatic rings. The number of nitrogen functional groups attached to an aromatic ring is 1. The van der Waals surface area contributed by atoms with E-state index in [1.807, 2.05) is 12.1 Å². The first-order valence-corrected chi connectivity index (χ1v) is 9.64. The highest BCUT2D eigenvalue weighted by Crippen LogP contribution is 2.11. The largest absolute Gasteiger partial charge is 0.497 e. The molecule has 0 spiro atoms. The minimum Gasteiger partial charge on any atom is -0.497 e. The molecule has 2 rings (SSSR count). The molecule has 1 unspecified atom stereocenters. The van der Waals surface area contributed by atoms with E-state index in [1.54, 1.807) is 38.3 Å². The van der Waals surface area contributed by atoms with Crippen molar-refractivity contribution in [1.29, 1.82) is 5.41 Å². The fourth-order valence-electron chi connectivity index (χ4n) is 2.37. The fourth-order valence-corrected chi connectivity index (χ4v) is 2.37. The maximum absolute atomic E-state index is 11.7. The zero-order valence-electron chi connectivity index (χ0n) is 17.7. The van der Waals surface area contributed by atoms with Gasteiger partial charge in [-0.25, -0.2) is 0 Å². The number of nitrogens with two attached hydrogens (primary N) is 2. The highest BCUT2D eigenvalue weighted by molar-refractivity contribution is 5.94. The predicted octanol–water partition coefficient (Wildman–Crippen LogP) is 1.31. The number of ether oxygens (including phenoxy) is 1. The second-order valence-corrected chi connectivity index (χ2v) is 6.52. The summed E-state index contributed by atoms with van der Waals surface area (Å²) >= 11 is 0. The van der Waals surface area contributed by atoms with Gasteiger partial charge in [-0.15, -0.1) is 0 Å². The zero-order chi connectivity index (χ0) is 22.5. The molecule has 0 aliphatic heterocycles. The molecule has 0 radical (unpaired) electrons. The van der Waals surface area contributed by atoms with Crippen molar-refractivity contribution >= 4 is 17.6 Å². The minimum absolute atomic E-state index is 0.00120. The summed E-state index contributed by atoms with van der Waals surface area (Å²) in [6, 6.07) is 14.5. The summed E-state index contributed by atoms with van der Waals surface area (Å²) in [7, 11) is 1.68. The predicted molar refractivity (Wildman–Crippen MR) is 118 cm³/mol. The Hall–Kier alpha value is -3.39. The summed E-state index contributed by atoms with van der Waals surface area (Å²) in [5.74, 6) is 0.261. The molecule has 0 aromatic heterocycles. The standard InChI is InChI=1S/C13H19N5O2.C9H12O/c1-8(18-11(19)6-14)13(20)17-7-9-2-4-10(5-3-9)12(15)16;1-3-8-4-6-9(10-2)7-5-8/h2-5,8H,6-7,14H2,1H3,(H3,15,16)(H,17,20)(H,18,19);4-7H,3H2,1-2H3. The molecule has 2 amide bonds. The van der Waals surface area contributed by atoms with Crippen molar-refractivity contribution in [3.05, 3.63) is 65.2 Å². The molecule has 0 bridgehead atoms. The summed E-state index contributed by atoms with van der Waals surface area (Å²) in [4.78, 5) is 22.8. The molecule has 30 heavy (non-hydrogen) atoms. The normalized spacial score (nSPS) is 10.8. The van der Waals surface area contributed by atoms with Crippen molar-refractivity contribution in [3.8, 4) is 5.75 Å². The third-order valence-corrected chi connectivity index (χ3v) is 4.26. The Bertz CT molecular complexity index is 797. The van der Waals surface area contributed by atoms with Gasteiger partial charge in [0.1, 0.15) is 17.6 Å². The van der Waals surface area contributed by atoms with Gasteiger partial charge < -0.3 is 26.8 Å². The van der Waals surface area contributed by atoms with Crippen LogP contribution in [0.5, 0.6) is 5.75 Å². The van der Waals surface area contributed by atoms with Crippen LogP contribution in [0.4, 0.5) is 0 Å². The Kier molecular flexibility index (Phi) is 10.6. The zero-order valence-corrected chi connectivity index (χ0v) is 17.7. The number of amides is 2. The third kappa shape index (κ3) is 8.74. The Balaban J connectivity index is 0.000000375. The number of benzene rings is 2. The molecule has 1 atom stereocenters. The van der Waals surface area contributed by atoms with Crippen LogP contribution in [-0.4, -0.2) is 37.3 Å². The van der Waals surface area contributed by atoms with Gasteiger partial charge in [-0.05, 0) is 36.6 Å². The second-order valence-electron chi connectivity index (χ2n) is 6.52. The van der Waals surface area contributed by atoms with Crippen molar-refractivity contribution in [2.45, 2.75) is 32.9 Å². The maximum atomic E-state index is 11.7. The van der Waals surface area contributed by atoms with Gasteiger partial charge in [0.25, 0.3) is 0 Å². The van der Waals surface area contributed by atoms with E-state index in [2.05, 4.69) is 29.7 Å². The number of amidine groups is 1. The molecule has 162 valence electrons. The summed E-state index contributed by atoms with van der Waals surface area (Å²) in [5.41, 5.74) is 13.4. The molecular weight excluding hydrogens is 382 g/mol. The summed E-state index contributed by atoms with van der Waals surface area (Å²) in [5, 5.41) is 12.4. The lowest BCUT2D eigenvalue weighted by Gasteiger charge is -2.13. The van der Waals surface area contributed by atoms with Crippen molar-refractivity contribution < 1.29 is 14.3 Å². The van der Waals surface area contributed by atoms with Gasteiger partial charge in [0.2, 0.25) is 11.8 Å². The van der Waals surface area contributed by atoms with E-state index in [4.69, 9.17) is 21.6 Å². The maximum Gasteiger partial charge on any atom is 0.242 e. The molecule has 8 nitrogen and oxygen atoms in total. The van der Waals surface area contributed by atoms with Gasteiger partial charge in [0.05, 0.1) is 13.7 Å². The molecule has 0 saturated carbocycles. The van der Waals surface area contributed by atoms with Crippen LogP contribution in [0.2, 0.25) is 0 Å². The number of rotatable bonds is 8. The van der Waals surface area contributed by atoms with Gasteiger partial charge in [-0.2, -0.15) is 0 Å². The van der Waals surface area contributed by atoms with Crippen LogP contribution >= 0.6 is 0 Å². The first-order valence-electron chi connectivity index (χ1n) is 9.64. The van der Waals surface area contributed by atoms with E-state index in [0.29, 0.717) is 12.1 Å². The van der Waals surface area contributed by atoms with Crippen molar-refractivity contribution in [2.75, 3.05) is 13.7 Å². The SMILES string of the molecule is CC(NC(=O)CN)C(=O)NCc1ccc(C(=N)N)cc1.CCc1ccc(OC)cc1. The molecule has 2 aromatic carbocycles. The molecule has 0 heterocycles. The number of hydrogen-bond acceptors (Lipinski definition) is 5. The average Bonchev–Trinajstić information content (AvgIpc) is 2.77. The highest BCUT2D eigenvalue weighted by Gasteiger charge is 2.14. The molecule has 8 heteroatoms. The minimum atomic E-state index is -0.637. The lowest BCUT2D eigenvalue weighted by atomic mass is 10.1. The number of carbonyl (C=O) groups excluding carboxylic acids is 2. The molecule has 7 N–H and O–H groups in total. The van der Waals surface area contributed by atoms with Crippen LogP contribution in [-0.2, 0) is 22.6 Å². The molecule has 2 aromatic rings. The summed E-state index contributed by atoms with van der Waals surface area (Å²) in [6.07, 6.45) is 1.09. The fraction of sp³-hybridized carbons (Fsp3) is 0.318. The van der Waals surface area contributed by atoms with E-state index >= 15 is 0 Å². The van der Waals surface area contributed by atoms with Crippen LogP contribution in [0.15, 0.2) is 48.5 Å². The van der Waals surface area contributed by atoms with Crippen LogP contribution in [0, 0.1) is 5.41 Å². The molecule has 0 aliphatic carbocycles. The van der Waals surface area contributed by atoms with E-state index in [-0.39, 0.29) is 24.2 Å². The van der Waals surface area contributed by atoms with Crippen LogP contribution in [0.25, 0.3) is 0 Å². The molecule has 0 fully saturated rings. The number of nitrogens with one attached hydrogen (secondary N) is 3. The van der Waals surface area contributed by atoms with Crippen molar-refractivity contribution in [1.82, 2.24) is 10.6 Å². The van der Waals surface area contributed by atoms with E-state index < -0.39 is 6.04 Å². The quantitative estimate of drug-likeness (QED) is 0.327. The number of methoxy groups -OCH3 is 1. The van der Waals surface area contributed by atoms with E-state index in [1.165, 1.54) is 5.56 Å². The van der Waals surface area contributed by atoms with Gasteiger partial charge >= 0.3 is 0 Å². The summed E-state index contributed by atoms with van der Waals surface area (Å²) < 4.78 is 5.01. The number of hydrogen-bond donors (Lipinski definition) is 5. The molecule has 0 saturated heterocycles. The van der Waals surface area contributed by atoms with E-state index in [9.17, 15) is 9.59 Å². The Labute approximate surface area is 177 Å². The molecular formula is C22H31N5O3. The van der Waals surface area contributed by atoms with Gasteiger partial charge in [0, 0.05) is 12.1 Å². The van der Waals surface area contributed by atoms with Gasteiger partial charge in [-0.3, -0.25) is 15.0 Å². The van der Waals surface area contributed by atoms with Crippen molar-refractivity contribution in [2.24, 2.45) is 11.5 Å². The number of carbonyl (C=O) groups is 2. The summed E-state index contributed by atoms with van der Waals surface area (Å²) in [6.45, 7) is 3.91. The van der Waals surface area contributed by atoms with Crippen LogP contribution in [0.3, 0.4) is 0 Å². The Morgan fingerprint density at radius 2 is 1.63 bits per heavy atom. The topological polar surface area (TPSA) is 143 Å². The van der Waals surface area contributed by atoms with E-state index in [0.717, 1.165) is 17.7 Å². The lowest BCUT2D eigenvalue weighted by Crippen LogP contribution is -2.46. The Morgan fingerprint density at radius 1 is 1.07 bits per heavy atom. The van der Waals surface area contributed by atoms with Crippen LogP contribution in [0.1, 0.15) is 30.5 Å². The average molecular weight is 414 g/mol. The Morgan fingerprint density at radius 3 is 2.10 bits per heavy atom. The third-order valence-electron chi connectivity index (χ3n) is 4.26. The van der Waals surface area contributed by atoms with Gasteiger partial charge in [0.15, 0.2) is 0 Å². The van der Waals surface area contributed by atoms with Gasteiger partial charge in [-0.1, -0.05) is 43.3 Å². The first kappa shape index (κ1) is 24.6. The monoisotopic (exact) mass is 413 g/mol. The van der Waals surface area contributed by atoms with Crippen molar-refractivity contribution in [3.63, 3.8) is 0 Å². The first-order chi connectivity index (χ1) is 14.3. The highest BCUT2D eigenvalue weighted by atomic mass is 16.5. The van der Waals surface area contributed by atoms with Crippen LogP contribution < -0.4 is 26.8 Å².